The molecule has 0 radical (unpaired) electrons. The number of hydrogen-bond donors (Lipinski definition) is 0. The van der Waals surface area contributed by atoms with Gasteiger partial charge in [0.1, 0.15) is 0 Å². The van der Waals surface area contributed by atoms with E-state index in [9.17, 15) is 9.59 Å². The number of benzene rings is 2. The zero-order valence-electron chi connectivity index (χ0n) is 21.9. The number of piperazine rings is 1. The summed E-state index contributed by atoms with van der Waals surface area (Å²) < 4.78 is 2.82. The maximum Gasteiger partial charge on any atom is 0.257 e. The van der Waals surface area contributed by atoms with Crippen LogP contribution in [0.15, 0.2) is 64.6 Å². The lowest BCUT2D eigenvalue weighted by Crippen LogP contribution is -2.55. The topological polar surface area (TPSA) is 71.3 Å². The van der Waals surface area contributed by atoms with Crippen LogP contribution in [0.25, 0.3) is 16.4 Å². The number of carbonyl (C=O) groups excluding carboxylic acids is 2. The molecule has 1 saturated heterocycles. The average Bonchev–Trinajstić information content (AvgIpc) is 3.56. The van der Waals surface area contributed by atoms with Gasteiger partial charge in [0.05, 0.1) is 23.1 Å². The SMILES string of the molecule is Cc1ccccc1C(=O)N1CCN(C(=O)c2cnn(-c3nc(-c4ccc(Br)cc4)cs3)c2C(C)C)CC1C. The Morgan fingerprint density at radius 2 is 1.76 bits per heavy atom. The fourth-order valence-electron chi connectivity index (χ4n) is 4.93. The molecule has 1 atom stereocenters. The molecule has 3 heterocycles. The normalized spacial score (nSPS) is 15.8. The van der Waals surface area contributed by atoms with Crippen LogP contribution in [-0.2, 0) is 0 Å². The van der Waals surface area contributed by atoms with E-state index in [1.165, 1.54) is 11.3 Å². The molecule has 5 rings (SSSR count). The Labute approximate surface area is 235 Å². The second kappa shape index (κ2) is 10.8. The van der Waals surface area contributed by atoms with Gasteiger partial charge in [0.15, 0.2) is 0 Å². The number of amides is 2. The molecule has 2 amide bonds. The van der Waals surface area contributed by atoms with E-state index in [-0.39, 0.29) is 23.8 Å². The molecule has 1 aliphatic heterocycles. The minimum absolute atomic E-state index is 0.0173. The summed E-state index contributed by atoms with van der Waals surface area (Å²) in [6.45, 7) is 9.53. The van der Waals surface area contributed by atoms with Crippen LogP contribution < -0.4 is 0 Å². The lowest BCUT2D eigenvalue weighted by Gasteiger charge is -2.40. The number of nitrogens with zero attached hydrogens (tertiary/aromatic N) is 5. The summed E-state index contributed by atoms with van der Waals surface area (Å²) in [7, 11) is 0. The lowest BCUT2D eigenvalue weighted by molar-refractivity contribution is 0.0413. The molecule has 0 bridgehead atoms. The average molecular weight is 593 g/mol. The van der Waals surface area contributed by atoms with Gasteiger partial charge >= 0.3 is 0 Å². The Kier molecular flexibility index (Phi) is 7.49. The van der Waals surface area contributed by atoms with Gasteiger partial charge in [-0.1, -0.05) is 60.1 Å². The van der Waals surface area contributed by atoms with Gasteiger partial charge in [0.25, 0.3) is 11.8 Å². The molecule has 2 aromatic heterocycles. The highest BCUT2D eigenvalue weighted by Crippen LogP contribution is 2.30. The van der Waals surface area contributed by atoms with Gasteiger partial charge in [0, 0.05) is 46.7 Å². The van der Waals surface area contributed by atoms with E-state index < -0.39 is 0 Å². The van der Waals surface area contributed by atoms with Crippen LogP contribution in [0.4, 0.5) is 0 Å². The van der Waals surface area contributed by atoms with E-state index in [0.29, 0.717) is 30.8 Å². The highest BCUT2D eigenvalue weighted by Gasteiger charge is 2.33. The molecule has 1 unspecified atom stereocenters. The number of hydrogen-bond acceptors (Lipinski definition) is 5. The first-order chi connectivity index (χ1) is 18.2. The Morgan fingerprint density at radius 3 is 2.45 bits per heavy atom. The highest BCUT2D eigenvalue weighted by atomic mass is 79.9. The van der Waals surface area contributed by atoms with Crippen LogP contribution >= 0.6 is 27.3 Å². The van der Waals surface area contributed by atoms with Gasteiger partial charge < -0.3 is 9.80 Å². The van der Waals surface area contributed by atoms with Crippen LogP contribution in [0, 0.1) is 6.92 Å². The van der Waals surface area contributed by atoms with Gasteiger partial charge in [0.2, 0.25) is 5.13 Å². The zero-order chi connectivity index (χ0) is 27.0. The fourth-order valence-corrected chi connectivity index (χ4v) is 5.99. The van der Waals surface area contributed by atoms with E-state index in [4.69, 9.17) is 4.98 Å². The quantitative estimate of drug-likeness (QED) is 0.278. The molecule has 1 aliphatic rings. The minimum atomic E-state index is -0.0928. The fraction of sp³-hybridized carbons (Fsp3) is 0.310. The van der Waals surface area contributed by atoms with Crippen molar-refractivity contribution in [2.45, 2.75) is 39.7 Å². The number of rotatable bonds is 5. The molecule has 4 aromatic rings. The van der Waals surface area contributed by atoms with Gasteiger partial charge in [-0.2, -0.15) is 5.10 Å². The van der Waals surface area contributed by atoms with Gasteiger partial charge in [-0.15, -0.1) is 11.3 Å². The Morgan fingerprint density at radius 1 is 1.03 bits per heavy atom. The van der Waals surface area contributed by atoms with Crippen molar-refractivity contribution in [2.24, 2.45) is 0 Å². The van der Waals surface area contributed by atoms with Crippen molar-refractivity contribution in [3.05, 3.63) is 87.0 Å². The molecule has 0 N–H and O–H groups in total. The summed E-state index contributed by atoms with van der Waals surface area (Å²) in [5, 5.41) is 7.34. The van der Waals surface area contributed by atoms with Crippen LogP contribution in [0.1, 0.15) is 58.7 Å². The second-order valence-corrected chi connectivity index (χ2v) is 11.7. The third-order valence-electron chi connectivity index (χ3n) is 6.95. The Hall–Kier alpha value is -3.30. The van der Waals surface area contributed by atoms with E-state index >= 15 is 0 Å². The minimum Gasteiger partial charge on any atom is -0.335 e. The molecule has 1 fully saturated rings. The first kappa shape index (κ1) is 26.3. The number of thiazole rings is 1. The van der Waals surface area contributed by atoms with Crippen molar-refractivity contribution in [1.29, 1.82) is 0 Å². The van der Waals surface area contributed by atoms with Crippen molar-refractivity contribution in [3.8, 4) is 16.4 Å². The van der Waals surface area contributed by atoms with Crippen molar-refractivity contribution < 1.29 is 9.59 Å². The molecular formula is C29H30BrN5O2S. The summed E-state index contributed by atoms with van der Waals surface area (Å²) >= 11 is 4.98. The monoisotopic (exact) mass is 591 g/mol. The molecule has 9 heteroatoms. The van der Waals surface area contributed by atoms with Crippen LogP contribution in [0.5, 0.6) is 0 Å². The molecular weight excluding hydrogens is 562 g/mol. The Bertz CT molecular complexity index is 1480. The van der Waals surface area contributed by atoms with Crippen molar-refractivity contribution >= 4 is 39.1 Å². The maximum absolute atomic E-state index is 13.7. The van der Waals surface area contributed by atoms with Crippen molar-refractivity contribution in [3.63, 3.8) is 0 Å². The molecule has 38 heavy (non-hydrogen) atoms. The summed E-state index contributed by atoms with van der Waals surface area (Å²) in [5.74, 6) is 0.0287. The van der Waals surface area contributed by atoms with Crippen molar-refractivity contribution in [2.75, 3.05) is 19.6 Å². The Balaban J connectivity index is 1.36. The van der Waals surface area contributed by atoms with Crippen molar-refractivity contribution in [1.82, 2.24) is 24.6 Å². The number of aryl methyl sites for hydroxylation is 1. The lowest BCUT2D eigenvalue weighted by atomic mass is 10.0. The predicted octanol–water partition coefficient (Wildman–Crippen LogP) is 6.18. The first-order valence-corrected chi connectivity index (χ1v) is 14.4. The van der Waals surface area contributed by atoms with Crippen LogP contribution in [-0.4, -0.2) is 62.1 Å². The molecule has 196 valence electrons. The third-order valence-corrected chi connectivity index (χ3v) is 8.29. The predicted molar refractivity (Wildman–Crippen MR) is 154 cm³/mol. The summed E-state index contributed by atoms with van der Waals surface area (Å²) in [5.41, 5.74) is 5.01. The third kappa shape index (κ3) is 5.05. The van der Waals surface area contributed by atoms with Gasteiger partial charge in [-0.25, -0.2) is 9.67 Å². The van der Waals surface area contributed by atoms with E-state index in [1.54, 1.807) is 10.9 Å². The number of halogens is 1. The standard InChI is InChI=1S/C29H30BrN5O2S/c1-18(2)26-24(15-31-35(26)29-32-25(17-38-29)21-9-11-22(30)12-10-21)27(36)33-13-14-34(20(4)16-33)28(37)23-8-6-5-7-19(23)3/h5-12,15,17-18,20H,13-14,16H2,1-4H3. The number of carbonyl (C=O) groups is 2. The van der Waals surface area contributed by atoms with Crippen LogP contribution in [0.2, 0.25) is 0 Å². The maximum atomic E-state index is 13.7. The summed E-state index contributed by atoms with van der Waals surface area (Å²) in [6, 6.07) is 15.6. The second-order valence-electron chi connectivity index (χ2n) is 9.95. The van der Waals surface area contributed by atoms with Crippen LogP contribution in [0.3, 0.4) is 0 Å². The largest absolute Gasteiger partial charge is 0.335 e. The smallest absolute Gasteiger partial charge is 0.257 e. The molecule has 2 aromatic carbocycles. The van der Waals surface area contributed by atoms with E-state index in [0.717, 1.165) is 32.1 Å². The zero-order valence-corrected chi connectivity index (χ0v) is 24.3. The van der Waals surface area contributed by atoms with E-state index in [1.807, 2.05) is 77.6 Å². The first-order valence-electron chi connectivity index (χ1n) is 12.7. The van der Waals surface area contributed by atoms with E-state index in [2.05, 4.69) is 34.9 Å². The molecule has 7 nitrogen and oxygen atoms in total. The summed E-state index contributed by atoms with van der Waals surface area (Å²) in [6.07, 6.45) is 1.66. The molecule has 0 saturated carbocycles. The number of aromatic nitrogens is 3. The summed E-state index contributed by atoms with van der Waals surface area (Å²) in [4.78, 5) is 35.5. The molecule has 0 aliphatic carbocycles. The van der Waals surface area contributed by atoms with Gasteiger partial charge in [-0.05, 0) is 43.5 Å². The molecule has 0 spiro atoms. The highest BCUT2D eigenvalue weighted by molar-refractivity contribution is 9.10. The van der Waals surface area contributed by atoms with Gasteiger partial charge in [-0.3, -0.25) is 9.59 Å².